The third-order valence-electron chi connectivity index (χ3n) is 3.30. The highest BCUT2D eigenvalue weighted by Crippen LogP contribution is 2.16. The topological polar surface area (TPSA) is 82.8 Å². The van der Waals surface area contributed by atoms with Gasteiger partial charge in [-0.1, -0.05) is 35.5 Å². The highest BCUT2D eigenvalue weighted by Gasteiger charge is 2.14. The van der Waals surface area contributed by atoms with E-state index in [2.05, 4.69) is 27.3 Å². The minimum atomic E-state index is -0.126. The summed E-state index contributed by atoms with van der Waals surface area (Å²) in [5.41, 5.74) is 8.46. The summed E-state index contributed by atoms with van der Waals surface area (Å²) in [5, 5.41) is 3.79. The average molecular weight is 283 g/mol. The van der Waals surface area contributed by atoms with E-state index in [1.54, 1.807) is 19.4 Å². The number of aromatic nitrogens is 4. The van der Waals surface area contributed by atoms with Crippen LogP contribution in [0.2, 0.25) is 0 Å². The van der Waals surface area contributed by atoms with Crippen molar-refractivity contribution in [2.45, 2.75) is 25.9 Å². The quantitative estimate of drug-likeness (QED) is 0.772. The lowest BCUT2D eigenvalue weighted by molar-refractivity contribution is 0.365. The first kappa shape index (κ1) is 13.5. The molecule has 0 aliphatic heterocycles. The van der Waals surface area contributed by atoms with Crippen LogP contribution >= 0.6 is 0 Å². The summed E-state index contributed by atoms with van der Waals surface area (Å²) in [6.45, 7) is 2.28. The first-order valence-electron chi connectivity index (χ1n) is 6.81. The Morgan fingerprint density at radius 2 is 2.10 bits per heavy atom. The van der Waals surface area contributed by atoms with Gasteiger partial charge in [0.2, 0.25) is 5.89 Å². The summed E-state index contributed by atoms with van der Waals surface area (Å²) in [6.07, 6.45) is 4.28. The van der Waals surface area contributed by atoms with E-state index < -0.39 is 0 Å². The molecule has 3 rings (SSSR count). The van der Waals surface area contributed by atoms with Crippen LogP contribution < -0.4 is 5.73 Å². The van der Waals surface area contributed by atoms with E-state index in [4.69, 9.17) is 10.3 Å². The molecule has 0 aliphatic carbocycles. The molecule has 108 valence electrons. The molecule has 1 aromatic carbocycles. The lowest BCUT2D eigenvalue weighted by Crippen LogP contribution is -2.18. The van der Waals surface area contributed by atoms with Crippen LogP contribution in [0.1, 0.15) is 29.0 Å². The molecule has 0 unspecified atom stereocenters. The molecule has 0 bridgehead atoms. The van der Waals surface area contributed by atoms with E-state index in [1.165, 1.54) is 5.56 Å². The van der Waals surface area contributed by atoms with Gasteiger partial charge in [-0.25, -0.2) is 4.98 Å². The van der Waals surface area contributed by atoms with Crippen LogP contribution in [0, 0.1) is 6.92 Å². The summed E-state index contributed by atoms with van der Waals surface area (Å²) in [4.78, 5) is 8.38. The second-order valence-corrected chi connectivity index (χ2v) is 4.98. The molecule has 0 spiro atoms. The highest BCUT2D eigenvalue weighted by molar-refractivity contribution is 5.18. The van der Waals surface area contributed by atoms with Crippen LogP contribution in [0.3, 0.4) is 0 Å². The van der Waals surface area contributed by atoms with Gasteiger partial charge in [0, 0.05) is 6.20 Å². The second-order valence-electron chi connectivity index (χ2n) is 4.98. The van der Waals surface area contributed by atoms with Crippen LogP contribution in [0.5, 0.6) is 0 Å². The number of aryl methyl sites for hydroxylation is 1. The number of hydrogen-bond acceptors (Lipinski definition) is 5. The third kappa shape index (κ3) is 3.17. The number of rotatable bonds is 5. The summed E-state index contributed by atoms with van der Waals surface area (Å²) in [7, 11) is 0. The maximum Gasteiger partial charge on any atom is 0.246 e. The fraction of sp³-hybridized carbons (Fsp3) is 0.267. The molecule has 1 atom stereocenters. The monoisotopic (exact) mass is 283 g/mol. The van der Waals surface area contributed by atoms with Gasteiger partial charge in [-0.05, 0) is 18.9 Å². The van der Waals surface area contributed by atoms with Crippen molar-refractivity contribution in [1.82, 2.24) is 19.7 Å². The van der Waals surface area contributed by atoms with Gasteiger partial charge in [-0.2, -0.15) is 4.98 Å². The van der Waals surface area contributed by atoms with Gasteiger partial charge in [0.15, 0.2) is 5.82 Å². The van der Waals surface area contributed by atoms with Crippen LogP contribution in [0.4, 0.5) is 0 Å². The Bertz CT molecular complexity index is 704. The Kier molecular flexibility index (Phi) is 3.79. The SMILES string of the molecule is Cc1noc(Cn2cncc2[C@H](N)Cc2ccccc2)n1. The zero-order valence-electron chi connectivity index (χ0n) is 11.8. The van der Waals surface area contributed by atoms with E-state index in [0.717, 1.165) is 12.1 Å². The van der Waals surface area contributed by atoms with Crippen molar-refractivity contribution < 1.29 is 4.52 Å². The van der Waals surface area contributed by atoms with E-state index in [9.17, 15) is 0 Å². The van der Waals surface area contributed by atoms with Crippen molar-refractivity contribution in [3.63, 3.8) is 0 Å². The molecule has 2 heterocycles. The van der Waals surface area contributed by atoms with E-state index in [-0.39, 0.29) is 6.04 Å². The van der Waals surface area contributed by atoms with Crippen molar-refractivity contribution in [1.29, 1.82) is 0 Å². The lowest BCUT2D eigenvalue weighted by atomic mass is 10.0. The summed E-state index contributed by atoms with van der Waals surface area (Å²) < 4.78 is 7.09. The maximum atomic E-state index is 6.30. The number of imidazole rings is 1. The predicted molar refractivity (Wildman–Crippen MR) is 77.4 cm³/mol. The second kappa shape index (κ2) is 5.88. The zero-order chi connectivity index (χ0) is 14.7. The summed E-state index contributed by atoms with van der Waals surface area (Å²) in [6, 6.07) is 10.0. The summed E-state index contributed by atoms with van der Waals surface area (Å²) in [5.74, 6) is 1.18. The Hall–Kier alpha value is -2.47. The van der Waals surface area contributed by atoms with Crippen LogP contribution in [-0.2, 0) is 13.0 Å². The van der Waals surface area contributed by atoms with Crippen molar-refractivity contribution in [3.8, 4) is 0 Å². The fourth-order valence-electron chi connectivity index (χ4n) is 2.29. The Balaban J connectivity index is 1.75. The van der Waals surface area contributed by atoms with Gasteiger partial charge in [-0.15, -0.1) is 0 Å². The molecule has 0 aliphatic rings. The molecular weight excluding hydrogens is 266 g/mol. The van der Waals surface area contributed by atoms with E-state index >= 15 is 0 Å². The fourth-order valence-corrected chi connectivity index (χ4v) is 2.29. The van der Waals surface area contributed by atoms with E-state index in [1.807, 2.05) is 22.8 Å². The minimum Gasteiger partial charge on any atom is -0.337 e. The Morgan fingerprint density at radius 1 is 1.29 bits per heavy atom. The highest BCUT2D eigenvalue weighted by atomic mass is 16.5. The van der Waals surface area contributed by atoms with Gasteiger partial charge in [0.1, 0.15) is 6.54 Å². The molecule has 0 radical (unpaired) electrons. The normalized spacial score (nSPS) is 12.5. The van der Waals surface area contributed by atoms with Gasteiger partial charge in [0.05, 0.1) is 18.1 Å². The van der Waals surface area contributed by atoms with Crippen molar-refractivity contribution in [2.75, 3.05) is 0 Å². The Labute approximate surface area is 122 Å². The van der Waals surface area contributed by atoms with Gasteiger partial charge in [0.25, 0.3) is 0 Å². The molecule has 0 amide bonds. The van der Waals surface area contributed by atoms with Crippen LogP contribution in [0.25, 0.3) is 0 Å². The molecule has 0 saturated heterocycles. The third-order valence-corrected chi connectivity index (χ3v) is 3.30. The van der Waals surface area contributed by atoms with Crippen molar-refractivity contribution >= 4 is 0 Å². The van der Waals surface area contributed by atoms with Crippen molar-refractivity contribution in [3.05, 3.63) is 65.8 Å². The molecule has 2 N–H and O–H groups in total. The molecule has 3 aromatic rings. The number of nitrogens with two attached hydrogens (primary N) is 1. The average Bonchev–Trinajstić information content (AvgIpc) is 3.10. The molecule has 2 aromatic heterocycles. The molecule has 0 saturated carbocycles. The molecule has 6 heteroatoms. The van der Waals surface area contributed by atoms with Gasteiger partial charge in [-0.3, -0.25) is 0 Å². The van der Waals surface area contributed by atoms with Gasteiger partial charge >= 0.3 is 0 Å². The molecule has 21 heavy (non-hydrogen) atoms. The largest absolute Gasteiger partial charge is 0.337 e. The Morgan fingerprint density at radius 3 is 2.81 bits per heavy atom. The number of hydrogen-bond donors (Lipinski definition) is 1. The van der Waals surface area contributed by atoms with Crippen LogP contribution in [-0.4, -0.2) is 19.7 Å². The molecule has 6 nitrogen and oxygen atoms in total. The van der Waals surface area contributed by atoms with E-state index in [0.29, 0.717) is 18.3 Å². The first-order valence-corrected chi connectivity index (χ1v) is 6.81. The molecular formula is C15H17N5O. The minimum absolute atomic E-state index is 0.126. The lowest BCUT2D eigenvalue weighted by Gasteiger charge is -2.13. The van der Waals surface area contributed by atoms with Crippen LogP contribution in [0.15, 0.2) is 47.4 Å². The van der Waals surface area contributed by atoms with Crippen molar-refractivity contribution in [2.24, 2.45) is 5.73 Å². The molecule has 0 fully saturated rings. The maximum absolute atomic E-state index is 6.30. The van der Waals surface area contributed by atoms with Gasteiger partial charge < -0.3 is 14.8 Å². The standard InChI is InChI=1S/C15H17N5O/c1-11-18-15(21-19-11)9-20-10-17-8-14(20)13(16)7-12-5-3-2-4-6-12/h2-6,8,10,13H,7,9,16H2,1H3/t13-/m1/s1. The predicted octanol–water partition coefficient (Wildman–Crippen LogP) is 1.87. The first-order chi connectivity index (χ1) is 10.2. The number of benzene rings is 1. The smallest absolute Gasteiger partial charge is 0.246 e. The summed E-state index contributed by atoms with van der Waals surface area (Å²) >= 11 is 0. The number of nitrogens with zero attached hydrogens (tertiary/aromatic N) is 4. The zero-order valence-corrected chi connectivity index (χ0v) is 11.8.